The first-order valence-corrected chi connectivity index (χ1v) is 9.42. The number of nitrogens with zero attached hydrogens (tertiary/aromatic N) is 2. The molecule has 2 aromatic rings. The second kappa shape index (κ2) is 7.14. The van der Waals surface area contributed by atoms with Crippen molar-refractivity contribution in [3.63, 3.8) is 0 Å². The van der Waals surface area contributed by atoms with E-state index < -0.39 is 6.04 Å². The minimum atomic E-state index is -0.392. The topological polar surface area (TPSA) is 53.8 Å². The molecule has 1 saturated heterocycles. The van der Waals surface area contributed by atoms with Crippen molar-refractivity contribution in [3.8, 4) is 0 Å². The van der Waals surface area contributed by atoms with Crippen molar-refractivity contribution < 1.29 is 14.0 Å². The summed E-state index contributed by atoms with van der Waals surface area (Å²) in [7, 11) is 1.81. The van der Waals surface area contributed by atoms with Gasteiger partial charge in [0.15, 0.2) is 5.76 Å². The van der Waals surface area contributed by atoms with Crippen molar-refractivity contribution in [1.82, 2.24) is 9.80 Å². The molecular weight excluding hydrogens is 328 g/mol. The van der Waals surface area contributed by atoms with E-state index in [2.05, 4.69) is 13.0 Å². The lowest BCUT2D eigenvalue weighted by Gasteiger charge is -2.38. The van der Waals surface area contributed by atoms with Crippen LogP contribution in [0.2, 0.25) is 0 Å². The summed E-state index contributed by atoms with van der Waals surface area (Å²) >= 11 is 0. The maximum Gasteiger partial charge on any atom is 0.290 e. The van der Waals surface area contributed by atoms with E-state index in [1.54, 1.807) is 9.80 Å². The molecule has 1 aliphatic heterocycles. The number of unbranched alkanes of at least 4 members (excludes halogenated alkanes) is 1. The van der Waals surface area contributed by atoms with E-state index >= 15 is 0 Å². The van der Waals surface area contributed by atoms with Crippen molar-refractivity contribution in [1.29, 1.82) is 0 Å². The van der Waals surface area contributed by atoms with Crippen LogP contribution in [0.3, 0.4) is 0 Å². The number of likely N-dealkylation sites (N-methyl/N-ethyl adjacent to an activating group) is 1. The number of hydrogen-bond donors (Lipinski definition) is 0. The molecule has 1 aliphatic rings. The fourth-order valence-corrected chi connectivity index (χ4v) is 3.68. The summed E-state index contributed by atoms with van der Waals surface area (Å²) in [5, 5.41) is 0.974. The average Bonchev–Trinajstić information content (AvgIpc) is 2.96. The molecule has 2 amide bonds. The highest BCUT2D eigenvalue weighted by Crippen LogP contribution is 2.31. The predicted octanol–water partition coefficient (Wildman–Crippen LogP) is 3.83. The van der Waals surface area contributed by atoms with Crippen molar-refractivity contribution in [3.05, 3.63) is 34.6 Å². The summed E-state index contributed by atoms with van der Waals surface area (Å²) in [6.45, 7) is 9.17. The molecule has 0 N–H and O–H groups in total. The second-order valence-corrected chi connectivity index (χ2v) is 7.36. The Labute approximate surface area is 154 Å². The fourth-order valence-electron chi connectivity index (χ4n) is 3.68. The van der Waals surface area contributed by atoms with Gasteiger partial charge >= 0.3 is 0 Å². The molecule has 2 heterocycles. The lowest BCUT2D eigenvalue weighted by atomic mass is 10.0. The van der Waals surface area contributed by atoms with Gasteiger partial charge in [0.05, 0.1) is 0 Å². The third-order valence-electron chi connectivity index (χ3n) is 5.63. The van der Waals surface area contributed by atoms with Crippen LogP contribution in [0.25, 0.3) is 11.0 Å². The van der Waals surface area contributed by atoms with Gasteiger partial charge in [0, 0.05) is 31.1 Å². The third kappa shape index (κ3) is 3.00. The molecule has 140 valence electrons. The predicted molar refractivity (Wildman–Crippen MR) is 102 cm³/mol. The molecule has 0 saturated carbocycles. The Balaban J connectivity index is 1.99. The fraction of sp³-hybridized carbons (Fsp3) is 0.524. The van der Waals surface area contributed by atoms with Gasteiger partial charge in [0.25, 0.3) is 5.91 Å². The van der Waals surface area contributed by atoms with Crippen LogP contribution in [0.5, 0.6) is 0 Å². The summed E-state index contributed by atoms with van der Waals surface area (Å²) in [6.07, 6.45) is 2.62. The van der Waals surface area contributed by atoms with Crippen LogP contribution in [0.15, 0.2) is 16.5 Å². The van der Waals surface area contributed by atoms with Crippen molar-refractivity contribution in [2.75, 3.05) is 20.1 Å². The van der Waals surface area contributed by atoms with Gasteiger partial charge in [-0.1, -0.05) is 31.9 Å². The quantitative estimate of drug-likeness (QED) is 0.836. The number of carbonyl (C=O) groups is 2. The molecule has 5 heteroatoms. The Morgan fingerprint density at radius 1 is 1.19 bits per heavy atom. The summed E-state index contributed by atoms with van der Waals surface area (Å²) in [5.74, 6) is 0.227. The largest absolute Gasteiger partial charge is 0.450 e. The lowest BCUT2D eigenvalue weighted by molar-refractivity contribution is -0.138. The van der Waals surface area contributed by atoms with Crippen LogP contribution in [0.4, 0.5) is 0 Å². The second-order valence-electron chi connectivity index (χ2n) is 7.36. The molecule has 0 spiro atoms. The zero-order chi connectivity index (χ0) is 19.0. The highest BCUT2D eigenvalue weighted by atomic mass is 16.3. The van der Waals surface area contributed by atoms with Crippen LogP contribution in [0, 0.1) is 20.8 Å². The molecule has 0 aliphatic carbocycles. The van der Waals surface area contributed by atoms with E-state index in [1.165, 1.54) is 0 Å². The van der Waals surface area contributed by atoms with Gasteiger partial charge in [-0.2, -0.15) is 0 Å². The zero-order valence-corrected chi connectivity index (χ0v) is 16.4. The maximum atomic E-state index is 13.3. The van der Waals surface area contributed by atoms with Crippen LogP contribution >= 0.6 is 0 Å². The first-order chi connectivity index (χ1) is 12.4. The zero-order valence-electron chi connectivity index (χ0n) is 16.4. The van der Waals surface area contributed by atoms with Gasteiger partial charge in [-0.3, -0.25) is 9.59 Å². The number of rotatable bonds is 4. The summed E-state index contributed by atoms with van der Waals surface area (Å²) in [6, 6.07) is 3.67. The van der Waals surface area contributed by atoms with E-state index in [0.29, 0.717) is 25.3 Å². The molecular formula is C21H28N2O3. The number of fused-ring (bicyclic) bond motifs is 1. The van der Waals surface area contributed by atoms with Gasteiger partial charge in [-0.05, 0) is 38.3 Å². The molecule has 1 atom stereocenters. The number of furan rings is 1. The van der Waals surface area contributed by atoms with E-state index in [0.717, 1.165) is 40.5 Å². The number of carbonyl (C=O) groups excluding carboxylic acids is 2. The Hall–Kier alpha value is -2.30. The van der Waals surface area contributed by atoms with Crippen LogP contribution in [-0.2, 0) is 4.79 Å². The molecule has 0 radical (unpaired) electrons. The summed E-state index contributed by atoms with van der Waals surface area (Å²) in [5.41, 5.74) is 3.83. The summed E-state index contributed by atoms with van der Waals surface area (Å²) in [4.78, 5) is 29.3. The molecule has 0 bridgehead atoms. The van der Waals surface area contributed by atoms with E-state index in [9.17, 15) is 9.59 Å². The SMILES string of the molecule is CCCC[C@@H]1C(=O)N(C)CCN1C(=O)c1oc2c(C)c(C)ccc2c1C. The Bertz CT molecular complexity index is 853. The van der Waals surface area contributed by atoms with E-state index in [1.807, 2.05) is 33.9 Å². The highest BCUT2D eigenvalue weighted by Gasteiger charge is 2.37. The standard InChI is InChI=1S/C21H28N2O3/c1-6-7-8-17-20(24)22(5)11-12-23(17)21(25)19-15(4)16-10-9-13(2)14(3)18(16)26-19/h9-10,17H,6-8,11-12H2,1-5H3/t17-/m1/s1. The van der Waals surface area contributed by atoms with Gasteiger partial charge in [-0.25, -0.2) is 0 Å². The van der Waals surface area contributed by atoms with Crippen molar-refractivity contribution >= 4 is 22.8 Å². The summed E-state index contributed by atoms with van der Waals surface area (Å²) < 4.78 is 6.02. The van der Waals surface area contributed by atoms with Crippen LogP contribution in [0.1, 0.15) is 53.4 Å². The minimum Gasteiger partial charge on any atom is -0.450 e. The van der Waals surface area contributed by atoms with Crippen molar-refractivity contribution in [2.45, 2.75) is 53.0 Å². The van der Waals surface area contributed by atoms with E-state index in [-0.39, 0.29) is 11.8 Å². The van der Waals surface area contributed by atoms with Gasteiger partial charge in [0.1, 0.15) is 11.6 Å². The molecule has 1 aromatic carbocycles. The minimum absolute atomic E-state index is 0.0267. The first kappa shape index (κ1) is 18.5. The molecule has 0 unspecified atom stereocenters. The monoisotopic (exact) mass is 356 g/mol. The number of piperazine rings is 1. The molecule has 26 heavy (non-hydrogen) atoms. The number of amides is 2. The molecule has 5 nitrogen and oxygen atoms in total. The normalized spacial score (nSPS) is 18.0. The first-order valence-electron chi connectivity index (χ1n) is 9.42. The van der Waals surface area contributed by atoms with Gasteiger partial charge in [-0.15, -0.1) is 0 Å². The Morgan fingerprint density at radius 3 is 2.62 bits per heavy atom. The average molecular weight is 356 g/mol. The van der Waals surface area contributed by atoms with Gasteiger partial charge in [0.2, 0.25) is 5.91 Å². The van der Waals surface area contributed by atoms with Gasteiger partial charge < -0.3 is 14.2 Å². The number of benzene rings is 1. The highest BCUT2D eigenvalue weighted by molar-refractivity contribution is 6.02. The Kier molecular flexibility index (Phi) is 5.08. The van der Waals surface area contributed by atoms with Crippen LogP contribution < -0.4 is 0 Å². The van der Waals surface area contributed by atoms with Crippen LogP contribution in [-0.4, -0.2) is 47.8 Å². The maximum absolute atomic E-state index is 13.3. The Morgan fingerprint density at radius 2 is 1.92 bits per heavy atom. The molecule has 1 fully saturated rings. The number of aryl methyl sites for hydroxylation is 3. The van der Waals surface area contributed by atoms with E-state index in [4.69, 9.17) is 4.42 Å². The lowest BCUT2D eigenvalue weighted by Crippen LogP contribution is -2.57. The van der Waals surface area contributed by atoms with Crippen molar-refractivity contribution in [2.24, 2.45) is 0 Å². The molecule has 3 rings (SSSR count). The third-order valence-corrected chi connectivity index (χ3v) is 5.63. The molecule has 1 aromatic heterocycles. The number of hydrogen-bond acceptors (Lipinski definition) is 3. The smallest absolute Gasteiger partial charge is 0.290 e.